The number of rotatable bonds is 2. The van der Waals surface area contributed by atoms with E-state index >= 15 is 0 Å². The van der Waals surface area contributed by atoms with Crippen LogP contribution in [0.25, 0.3) is 27.6 Å². The third-order valence-electron chi connectivity index (χ3n) is 6.48. The van der Waals surface area contributed by atoms with Gasteiger partial charge in [-0.25, -0.2) is 0 Å². The molecule has 0 unspecified atom stereocenters. The van der Waals surface area contributed by atoms with Gasteiger partial charge in [0.1, 0.15) is 5.75 Å². The molecule has 1 aliphatic heterocycles. The largest absolute Gasteiger partial charge is 0.472 e. The number of benzene rings is 5. The Labute approximate surface area is 194 Å². The standard InChI is InChI=1S/C30H19F3O/c31-30(32,33)26-19-21-16-15-20-9-7-8-14-24(20)27(21)28-25(26)17-18-29(34-28,22-10-3-1-4-11-22)23-12-5-2-6-13-23/h1-19H. The van der Waals surface area contributed by atoms with E-state index in [4.69, 9.17) is 4.74 Å². The molecule has 1 nitrogen and oxygen atoms in total. The molecule has 0 saturated carbocycles. The highest BCUT2D eigenvalue weighted by Crippen LogP contribution is 2.50. The zero-order valence-electron chi connectivity index (χ0n) is 18.0. The SMILES string of the molecule is FC(F)(F)c1cc2ccc3ccccc3c2c2c1C=CC(c1ccccc1)(c1ccccc1)O2. The van der Waals surface area contributed by atoms with Crippen molar-refractivity contribution in [2.75, 3.05) is 0 Å². The van der Waals surface area contributed by atoms with Crippen LogP contribution >= 0.6 is 0 Å². The Kier molecular flexibility index (Phi) is 4.53. The van der Waals surface area contributed by atoms with E-state index in [0.29, 0.717) is 10.8 Å². The van der Waals surface area contributed by atoms with Crippen LogP contribution in [0.3, 0.4) is 0 Å². The summed E-state index contributed by atoms with van der Waals surface area (Å²) in [6, 6.07) is 31.7. The van der Waals surface area contributed by atoms with Gasteiger partial charge in [0, 0.05) is 22.1 Å². The molecule has 0 aromatic heterocycles. The van der Waals surface area contributed by atoms with E-state index in [1.54, 1.807) is 18.2 Å². The lowest BCUT2D eigenvalue weighted by molar-refractivity contribution is -0.137. The zero-order valence-corrected chi connectivity index (χ0v) is 18.0. The summed E-state index contributed by atoms with van der Waals surface area (Å²) in [4.78, 5) is 0. The second kappa shape index (κ2) is 7.49. The Morgan fingerprint density at radius 3 is 1.88 bits per heavy atom. The van der Waals surface area contributed by atoms with Crippen LogP contribution in [0.15, 0.2) is 109 Å². The number of hydrogen-bond acceptors (Lipinski definition) is 1. The molecule has 166 valence electrons. The quantitative estimate of drug-likeness (QED) is 0.245. The van der Waals surface area contributed by atoms with Crippen molar-refractivity contribution >= 4 is 27.6 Å². The summed E-state index contributed by atoms with van der Waals surface area (Å²) in [5.74, 6) is 0.247. The lowest BCUT2D eigenvalue weighted by atomic mass is 9.82. The van der Waals surface area contributed by atoms with Gasteiger partial charge < -0.3 is 4.74 Å². The van der Waals surface area contributed by atoms with Crippen molar-refractivity contribution in [3.05, 3.63) is 131 Å². The lowest BCUT2D eigenvalue weighted by Gasteiger charge is -2.37. The smallest absolute Gasteiger partial charge is 0.417 e. The molecule has 5 aromatic rings. The van der Waals surface area contributed by atoms with Gasteiger partial charge in [0.2, 0.25) is 0 Å². The van der Waals surface area contributed by atoms with E-state index in [1.807, 2.05) is 91.0 Å². The molecule has 34 heavy (non-hydrogen) atoms. The van der Waals surface area contributed by atoms with Crippen molar-refractivity contribution < 1.29 is 17.9 Å². The van der Waals surface area contributed by atoms with Gasteiger partial charge in [0.25, 0.3) is 0 Å². The third-order valence-corrected chi connectivity index (χ3v) is 6.48. The predicted molar refractivity (Wildman–Crippen MR) is 130 cm³/mol. The normalized spacial score (nSPS) is 14.7. The molecule has 0 spiro atoms. The number of hydrogen-bond donors (Lipinski definition) is 0. The molecule has 0 atom stereocenters. The van der Waals surface area contributed by atoms with Gasteiger partial charge in [-0.1, -0.05) is 97.1 Å². The maximum atomic E-state index is 14.2. The number of alkyl halides is 3. The van der Waals surface area contributed by atoms with Gasteiger partial charge >= 0.3 is 6.18 Å². The molecular weight excluding hydrogens is 433 g/mol. The Balaban J connectivity index is 1.73. The van der Waals surface area contributed by atoms with Crippen molar-refractivity contribution in [2.45, 2.75) is 11.8 Å². The van der Waals surface area contributed by atoms with E-state index in [2.05, 4.69) is 0 Å². The minimum atomic E-state index is -4.52. The first-order chi connectivity index (χ1) is 16.5. The Bertz CT molecular complexity index is 1510. The molecule has 0 saturated heterocycles. The summed E-state index contributed by atoms with van der Waals surface area (Å²) in [5, 5.41) is 2.98. The van der Waals surface area contributed by atoms with E-state index in [-0.39, 0.29) is 11.3 Å². The van der Waals surface area contributed by atoms with Crippen LogP contribution in [0.2, 0.25) is 0 Å². The average molecular weight is 452 g/mol. The first-order valence-electron chi connectivity index (χ1n) is 11.0. The van der Waals surface area contributed by atoms with Crippen LogP contribution in [0, 0.1) is 0 Å². The molecule has 0 bridgehead atoms. The van der Waals surface area contributed by atoms with Gasteiger partial charge in [0.05, 0.1) is 5.56 Å². The molecule has 6 rings (SSSR count). The Morgan fingerprint density at radius 2 is 1.24 bits per heavy atom. The number of ether oxygens (including phenoxy) is 1. The topological polar surface area (TPSA) is 9.23 Å². The first kappa shape index (κ1) is 20.5. The molecule has 0 amide bonds. The summed E-state index contributed by atoms with van der Waals surface area (Å²) in [6.07, 6.45) is -1.20. The summed E-state index contributed by atoms with van der Waals surface area (Å²) in [5.41, 5.74) is -0.0261. The van der Waals surface area contributed by atoms with Gasteiger partial charge in [-0.15, -0.1) is 0 Å². The van der Waals surface area contributed by atoms with Crippen molar-refractivity contribution in [3.8, 4) is 5.75 Å². The summed E-state index contributed by atoms with van der Waals surface area (Å²) in [7, 11) is 0. The molecule has 5 aromatic carbocycles. The van der Waals surface area contributed by atoms with Crippen molar-refractivity contribution in [1.29, 1.82) is 0 Å². The third kappa shape index (κ3) is 3.10. The monoisotopic (exact) mass is 452 g/mol. The van der Waals surface area contributed by atoms with Crippen molar-refractivity contribution in [2.24, 2.45) is 0 Å². The van der Waals surface area contributed by atoms with Gasteiger partial charge in [-0.05, 0) is 34.4 Å². The van der Waals surface area contributed by atoms with Gasteiger partial charge in [-0.2, -0.15) is 13.2 Å². The Hall–Kier alpha value is -4.05. The molecular formula is C30H19F3O. The van der Waals surface area contributed by atoms with E-state index in [9.17, 15) is 13.2 Å². The number of fused-ring (bicyclic) bond motifs is 5. The average Bonchev–Trinajstić information content (AvgIpc) is 2.88. The van der Waals surface area contributed by atoms with Gasteiger partial charge in [-0.3, -0.25) is 0 Å². The second-order valence-corrected chi connectivity index (χ2v) is 8.45. The fraction of sp³-hybridized carbons (Fsp3) is 0.0667. The predicted octanol–water partition coefficient (Wildman–Crippen LogP) is 8.36. The maximum absolute atomic E-state index is 14.2. The van der Waals surface area contributed by atoms with Crippen LogP contribution in [-0.4, -0.2) is 0 Å². The number of halogens is 3. The Morgan fingerprint density at radius 1 is 0.647 bits per heavy atom. The van der Waals surface area contributed by atoms with Crippen LogP contribution in [0.4, 0.5) is 13.2 Å². The van der Waals surface area contributed by atoms with Gasteiger partial charge in [0.15, 0.2) is 5.60 Å². The van der Waals surface area contributed by atoms with Crippen molar-refractivity contribution in [1.82, 2.24) is 0 Å². The van der Waals surface area contributed by atoms with E-state index < -0.39 is 17.3 Å². The molecule has 4 heteroatoms. The van der Waals surface area contributed by atoms with Crippen LogP contribution in [0.5, 0.6) is 5.75 Å². The van der Waals surface area contributed by atoms with Crippen molar-refractivity contribution in [3.63, 3.8) is 0 Å². The zero-order chi connectivity index (χ0) is 23.3. The van der Waals surface area contributed by atoms with E-state index in [1.165, 1.54) is 6.07 Å². The first-order valence-corrected chi connectivity index (χ1v) is 11.0. The summed E-state index contributed by atoms with van der Waals surface area (Å²) < 4.78 is 49.3. The highest BCUT2D eigenvalue weighted by molar-refractivity contribution is 6.12. The fourth-order valence-electron chi connectivity index (χ4n) is 4.90. The van der Waals surface area contributed by atoms with Crippen LogP contribution in [0.1, 0.15) is 22.3 Å². The fourth-order valence-corrected chi connectivity index (χ4v) is 4.90. The molecule has 0 aliphatic carbocycles. The minimum Gasteiger partial charge on any atom is -0.472 e. The highest BCUT2D eigenvalue weighted by atomic mass is 19.4. The summed E-state index contributed by atoms with van der Waals surface area (Å²) >= 11 is 0. The minimum absolute atomic E-state index is 0.0545. The lowest BCUT2D eigenvalue weighted by Crippen LogP contribution is -2.34. The second-order valence-electron chi connectivity index (χ2n) is 8.45. The molecule has 0 N–H and O–H groups in total. The molecule has 1 heterocycles. The molecule has 1 aliphatic rings. The van der Waals surface area contributed by atoms with Crippen LogP contribution in [-0.2, 0) is 11.8 Å². The molecule has 0 fully saturated rings. The summed E-state index contributed by atoms with van der Waals surface area (Å²) in [6.45, 7) is 0. The van der Waals surface area contributed by atoms with E-state index in [0.717, 1.165) is 21.9 Å². The maximum Gasteiger partial charge on any atom is 0.417 e. The molecule has 0 radical (unpaired) electrons. The van der Waals surface area contributed by atoms with Crippen LogP contribution < -0.4 is 4.74 Å². The highest BCUT2D eigenvalue weighted by Gasteiger charge is 2.42.